The van der Waals surface area contributed by atoms with E-state index in [1.165, 1.54) is 4.90 Å². The Morgan fingerprint density at radius 1 is 1.35 bits per heavy atom. The van der Waals surface area contributed by atoms with Crippen molar-refractivity contribution in [1.82, 2.24) is 4.90 Å². The third-order valence-corrected chi connectivity index (χ3v) is 3.24. The average Bonchev–Trinajstić information content (AvgIpc) is 2.69. The third kappa shape index (κ3) is 3.42. The predicted molar refractivity (Wildman–Crippen MR) is 74.7 cm³/mol. The standard InChI is InChI=1S/C15H21NO4/c1-15(2,3)20-14(19)16-8-12(13(18)9-16)10-5-4-6-11(17)7-10/h4-7,12-13,17-18H,8-9H2,1-3H3. The highest BCUT2D eigenvalue weighted by atomic mass is 16.6. The van der Waals surface area contributed by atoms with Gasteiger partial charge in [0.1, 0.15) is 11.4 Å². The number of aliphatic hydroxyl groups is 1. The molecule has 1 aromatic rings. The summed E-state index contributed by atoms with van der Waals surface area (Å²) in [6.07, 6.45) is -1.07. The van der Waals surface area contributed by atoms with E-state index < -0.39 is 17.8 Å². The average molecular weight is 279 g/mol. The van der Waals surface area contributed by atoms with E-state index in [1.54, 1.807) is 18.2 Å². The van der Waals surface area contributed by atoms with Gasteiger partial charge in [-0.2, -0.15) is 0 Å². The van der Waals surface area contributed by atoms with E-state index in [2.05, 4.69) is 0 Å². The fourth-order valence-electron chi connectivity index (χ4n) is 2.35. The number of benzene rings is 1. The van der Waals surface area contributed by atoms with Crippen LogP contribution in [0.25, 0.3) is 0 Å². The van der Waals surface area contributed by atoms with Crippen LogP contribution in [-0.4, -0.2) is 46.0 Å². The minimum Gasteiger partial charge on any atom is -0.508 e. The number of carbonyl (C=O) groups excluding carboxylic acids is 1. The number of carbonyl (C=O) groups is 1. The van der Waals surface area contributed by atoms with Crippen molar-refractivity contribution in [1.29, 1.82) is 0 Å². The number of aliphatic hydroxyl groups excluding tert-OH is 1. The largest absolute Gasteiger partial charge is 0.508 e. The number of hydrogen-bond donors (Lipinski definition) is 2. The van der Waals surface area contributed by atoms with Crippen molar-refractivity contribution in [3.05, 3.63) is 29.8 Å². The summed E-state index contributed by atoms with van der Waals surface area (Å²) >= 11 is 0. The molecule has 0 spiro atoms. The van der Waals surface area contributed by atoms with E-state index in [-0.39, 0.29) is 18.2 Å². The first kappa shape index (κ1) is 14.7. The molecular weight excluding hydrogens is 258 g/mol. The molecule has 1 aliphatic rings. The fraction of sp³-hybridized carbons (Fsp3) is 0.533. The molecule has 2 rings (SSSR count). The van der Waals surface area contributed by atoms with Gasteiger partial charge in [0, 0.05) is 12.5 Å². The van der Waals surface area contributed by atoms with Gasteiger partial charge in [0.2, 0.25) is 0 Å². The molecule has 5 nitrogen and oxygen atoms in total. The molecule has 5 heteroatoms. The van der Waals surface area contributed by atoms with Gasteiger partial charge in [-0.1, -0.05) is 12.1 Å². The van der Waals surface area contributed by atoms with Gasteiger partial charge in [0.15, 0.2) is 0 Å². The summed E-state index contributed by atoms with van der Waals surface area (Å²) in [5, 5.41) is 19.6. The Hall–Kier alpha value is -1.75. The van der Waals surface area contributed by atoms with Gasteiger partial charge in [-0.05, 0) is 38.5 Å². The van der Waals surface area contributed by atoms with E-state index in [4.69, 9.17) is 4.74 Å². The smallest absolute Gasteiger partial charge is 0.410 e. The zero-order chi connectivity index (χ0) is 14.9. The first-order chi connectivity index (χ1) is 9.26. The summed E-state index contributed by atoms with van der Waals surface area (Å²) in [5.41, 5.74) is 0.272. The van der Waals surface area contributed by atoms with Crippen molar-refractivity contribution < 1.29 is 19.7 Å². The molecule has 0 aliphatic carbocycles. The van der Waals surface area contributed by atoms with Gasteiger partial charge in [-0.25, -0.2) is 4.79 Å². The van der Waals surface area contributed by atoms with E-state index in [0.29, 0.717) is 6.54 Å². The SMILES string of the molecule is CC(C)(C)OC(=O)N1CC(O)C(c2cccc(O)c2)C1. The van der Waals surface area contributed by atoms with E-state index in [1.807, 2.05) is 26.8 Å². The molecule has 0 radical (unpaired) electrons. The number of phenols is 1. The topological polar surface area (TPSA) is 70.0 Å². The van der Waals surface area contributed by atoms with Crippen LogP contribution >= 0.6 is 0 Å². The molecule has 1 fully saturated rings. The fourth-order valence-corrected chi connectivity index (χ4v) is 2.35. The number of likely N-dealkylation sites (tertiary alicyclic amines) is 1. The van der Waals surface area contributed by atoms with Gasteiger partial charge in [-0.15, -0.1) is 0 Å². The Morgan fingerprint density at radius 2 is 2.05 bits per heavy atom. The van der Waals surface area contributed by atoms with Crippen LogP contribution in [0.4, 0.5) is 4.79 Å². The highest BCUT2D eigenvalue weighted by molar-refractivity contribution is 5.69. The quantitative estimate of drug-likeness (QED) is 0.826. The van der Waals surface area contributed by atoms with Crippen molar-refractivity contribution in [2.24, 2.45) is 0 Å². The number of rotatable bonds is 1. The van der Waals surface area contributed by atoms with Gasteiger partial charge in [0.25, 0.3) is 0 Å². The lowest BCUT2D eigenvalue weighted by atomic mass is 9.96. The Morgan fingerprint density at radius 3 is 2.65 bits per heavy atom. The maximum absolute atomic E-state index is 12.0. The second-order valence-corrected chi connectivity index (χ2v) is 6.15. The van der Waals surface area contributed by atoms with Gasteiger partial charge in [-0.3, -0.25) is 0 Å². The molecule has 20 heavy (non-hydrogen) atoms. The molecule has 2 N–H and O–H groups in total. The van der Waals surface area contributed by atoms with Crippen LogP contribution in [0.5, 0.6) is 5.75 Å². The second kappa shape index (κ2) is 5.32. The molecule has 2 unspecified atom stereocenters. The number of hydrogen-bond acceptors (Lipinski definition) is 4. The summed E-state index contributed by atoms with van der Waals surface area (Å²) in [5.74, 6) is -0.0416. The number of phenolic OH excluding ortho intramolecular Hbond substituents is 1. The summed E-state index contributed by atoms with van der Waals surface area (Å²) < 4.78 is 5.30. The lowest BCUT2D eigenvalue weighted by molar-refractivity contribution is 0.0270. The molecular formula is C15H21NO4. The monoisotopic (exact) mass is 279 g/mol. The lowest BCUT2D eigenvalue weighted by Crippen LogP contribution is -2.35. The normalized spacial score (nSPS) is 22.9. The zero-order valence-corrected chi connectivity index (χ0v) is 12.0. The number of nitrogens with zero attached hydrogens (tertiary/aromatic N) is 1. The molecule has 0 aromatic heterocycles. The van der Waals surface area contributed by atoms with E-state index in [9.17, 15) is 15.0 Å². The van der Waals surface area contributed by atoms with Crippen molar-refractivity contribution in [3.63, 3.8) is 0 Å². The molecule has 1 saturated heterocycles. The van der Waals surface area contributed by atoms with Crippen LogP contribution in [-0.2, 0) is 4.74 Å². The molecule has 1 amide bonds. The van der Waals surface area contributed by atoms with Crippen LogP contribution in [0.15, 0.2) is 24.3 Å². The minimum absolute atomic E-state index is 0.158. The second-order valence-electron chi connectivity index (χ2n) is 6.15. The van der Waals surface area contributed by atoms with Gasteiger partial charge >= 0.3 is 6.09 Å². The van der Waals surface area contributed by atoms with Crippen molar-refractivity contribution >= 4 is 6.09 Å². The summed E-state index contributed by atoms with van der Waals surface area (Å²) in [6.45, 7) is 6.06. The maximum Gasteiger partial charge on any atom is 0.410 e. The minimum atomic E-state index is -0.649. The molecule has 110 valence electrons. The van der Waals surface area contributed by atoms with Crippen LogP contribution < -0.4 is 0 Å². The zero-order valence-electron chi connectivity index (χ0n) is 12.0. The molecule has 0 saturated carbocycles. The molecule has 1 aliphatic heterocycles. The van der Waals surface area contributed by atoms with Crippen LogP contribution in [0, 0.1) is 0 Å². The van der Waals surface area contributed by atoms with Crippen LogP contribution in [0.3, 0.4) is 0 Å². The molecule has 1 heterocycles. The highest BCUT2D eigenvalue weighted by Crippen LogP contribution is 2.30. The Bertz CT molecular complexity index is 495. The van der Waals surface area contributed by atoms with Gasteiger partial charge in [0.05, 0.1) is 12.6 Å². The van der Waals surface area contributed by atoms with E-state index in [0.717, 1.165) is 5.56 Å². The van der Waals surface area contributed by atoms with E-state index >= 15 is 0 Å². The number of amides is 1. The number of aromatic hydroxyl groups is 1. The molecule has 1 aromatic carbocycles. The summed E-state index contributed by atoms with van der Waals surface area (Å²) in [4.78, 5) is 13.5. The first-order valence-corrected chi connectivity index (χ1v) is 6.71. The number of β-amino-alcohol motifs (C(OH)–C–C–N with tert-alkyl or cyclic N) is 1. The van der Waals surface area contributed by atoms with Gasteiger partial charge < -0.3 is 19.8 Å². The highest BCUT2D eigenvalue weighted by Gasteiger charge is 2.36. The summed E-state index contributed by atoms with van der Waals surface area (Å²) in [6, 6.07) is 6.77. The Labute approximate surface area is 118 Å². The van der Waals surface area contributed by atoms with Crippen LogP contribution in [0.2, 0.25) is 0 Å². The first-order valence-electron chi connectivity index (χ1n) is 6.71. The third-order valence-electron chi connectivity index (χ3n) is 3.24. The summed E-state index contributed by atoms with van der Waals surface area (Å²) in [7, 11) is 0. The molecule has 0 bridgehead atoms. The predicted octanol–water partition coefficient (Wildman–Crippen LogP) is 2.09. The number of ether oxygens (including phenoxy) is 1. The Balaban J connectivity index is 2.07. The van der Waals surface area contributed by atoms with Crippen LogP contribution in [0.1, 0.15) is 32.3 Å². The van der Waals surface area contributed by atoms with Crippen molar-refractivity contribution in [3.8, 4) is 5.75 Å². The Kier molecular flexibility index (Phi) is 3.90. The lowest BCUT2D eigenvalue weighted by Gasteiger charge is -2.24. The van der Waals surface area contributed by atoms with Crippen molar-refractivity contribution in [2.75, 3.05) is 13.1 Å². The molecule has 2 atom stereocenters. The van der Waals surface area contributed by atoms with Crippen molar-refractivity contribution in [2.45, 2.75) is 38.4 Å². The maximum atomic E-state index is 12.0.